The van der Waals surface area contributed by atoms with Crippen LogP contribution in [0, 0.1) is 20.8 Å². The molecule has 0 saturated heterocycles. The van der Waals surface area contributed by atoms with Crippen molar-refractivity contribution in [2.75, 3.05) is 14.2 Å². The smallest absolute Gasteiger partial charge is 0.161 e. The van der Waals surface area contributed by atoms with Crippen molar-refractivity contribution in [1.29, 1.82) is 0 Å². The van der Waals surface area contributed by atoms with Gasteiger partial charge in [0.25, 0.3) is 0 Å². The van der Waals surface area contributed by atoms with E-state index in [1.54, 1.807) is 14.2 Å². The summed E-state index contributed by atoms with van der Waals surface area (Å²) in [6, 6.07) is 10.1. The molecule has 0 radical (unpaired) electrons. The zero-order valence-corrected chi connectivity index (χ0v) is 13.3. The minimum Gasteiger partial charge on any atom is -0.493 e. The second-order valence-corrected chi connectivity index (χ2v) is 5.21. The van der Waals surface area contributed by atoms with Crippen molar-refractivity contribution in [1.82, 2.24) is 0 Å². The lowest BCUT2D eigenvalue weighted by atomic mass is 10.1. The van der Waals surface area contributed by atoms with Crippen LogP contribution in [-0.2, 0) is 6.61 Å². The second kappa shape index (κ2) is 6.53. The average molecular weight is 286 g/mol. The normalized spacial score (nSPS) is 10.3. The monoisotopic (exact) mass is 286 g/mol. The molecule has 0 fully saturated rings. The summed E-state index contributed by atoms with van der Waals surface area (Å²) in [5.74, 6) is 2.40. The lowest BCUT2D eigenvalue weighted by molar-refractivity contribution is 0.299. The molecule has 21 heavy (non-hydrogen) atoms. The standard InChI is InChI=1S/C18H22O3/c1-12-8-13(2)18(14(3)9-12)21-11-15-6-7-16(19-4)17(10-15)20-5/h6-10H,11H2,1-5H3. The van der Waals surface area contributed by atoms with E-state index in [9.17, 15) is 0 Å². The van der Waals surface area contributed by atoms with Gasteiger partial charge in [0.1, 0.15) is 12.4 Å². The van der Waals surface area contributed by atoms with Gasteiger partial charge in [-0.2, -0.15) is 0 Å². The van der Waals surface area contributed by atoms with Crippen LogP contribution in [0.2, 0.25) is 0 Å². The highest BCUT2D eigenvalue weighted by Gasteiger charge is 2.08. The lowest BCUT2D eigenvalue weighted by Crippen LogP contribution is -2.00. The summed E-state index contributed by atoms with van der Waals surface area (Å²) in [7, 11) is 3.27. The van der Waals surface area contributed by atoms with E-state index < -0.39 is 0 Å². The van der Waals surface area contributed by atoms with Gasteiger partial charge in [-0.15, -0.1) is 0 Å². The third-order valence-corrected chi connectivity index (χ3v) is 3.44. The first-order chi connectivity index (χ1) is 10.0. The van der Waals surface area contributed by atoms with Crippen molar-refractivity contribution >= 4 is 0 Å². The molecular formula is C18H22O3. The second-order valence-electron chi connectivity index (χ2n) is 5.21. The van der Waals surface area contributed by atoms with Crippen molar-refractivity contribution in [3.63, 3.8) is 0 Å². The highest BCUT2D eigenvalue weighted by Crippen LogP contribution is 2.29. The Labute approximate surface area is 126 Å². The predicted octanol–water partition coefficient (Wildman–Crippen LogP) is 4.21. The van der Waals surface area contributed by atoms with Crippen LogP contribution in [0.1, 0.15) is 22.3 Å². The summed E-state index contributed by atoms with van der Waals surface area (Å²) in [6.45, 7) is 6.75. The SMILES string of the molecule is COc1ccc(COc2c(C)cc(C)cc2C)cc1OC. The van der Waals surface area contributed by atoms with E-state index in [0.717, 1.165) is 33.9 Å². The van der Waals surface area contributed by atoms with E-state index in [4.69, 9.17) is 14.2 Å². The van der Waals surface area contributed by atoms with Crippen LogP contribution < -0.4 is 14.2 Å². The summed E-state index contributed by atoms with van der Waals surface area (Å²) in [6.07, 6.45) is 0. The Hall–Kier alpha value is -2.16. The van der Waals surface area contributed by atoms with Gasteiger partial charge in [-0.1, -0.05) is 23.8 Å². The van der Waals surface area contributed by atoms with Gasteiger partial charge in [0.15, 0.2) is 11.5 Å². The number of hydrogen-bond donors (Lipinski definition) is 0. The molecule has 0 saturated carbocycles. The lowest BCUT2D eigenvalue weighted by Gasteiger charge is -2.14. The first-order valence-electron chi connectivity index (χ1n) is 6.96. The first kappa shape index (κ1) is 15.2. The molecule has 0 N–H and O–H groups in total. The van der Waals surface area contributed by atoms with Crippen LogP contribution >= 0.6 is 0 Å². The van der Waals surface area contributed by atoms with E-state index in [1.165, 1.54) is 5.56 Å². The van der Waals surface area contributed by atoms with Gasteiger partial charge >= 0.3 is 0 Å². The molecule has 0 bridgehead atoms. The van der Waals surface area contributed by atoms with Gasteiger partial charge < -0.3 is 14.2 Å². The molecule has 0 spiro atoms. The number of ether oxygens (including phenoxy) is 3. The van der Waals surface area contributed by atoms with Gasteiger partial charge in [-0.25, -0.2) is 0 Å². The molecule has 0 amide bonds. The van der Waals surface area contributed by atoms with Crippen molar-refractivity contribution in [2.45, 2.75) is 27.4 Å². The summed E-state index contributed by atoms with van der Waals surface area (Å²) >= 11 is 0. The molecule has 0 heterocycles. The third-order valence-electron chi connectivity index (χ3n) is 3.44. The van der Waals surface area contributed by atoms with Crippen molar-refractivity contribution < 1.29 is 14.2 Å². The zero-order chi connectivity index (χ0) is 15.4. The fourth-order valence-electron chi connectivity index (χ4n) is 2.52. The Morgan fingerprint density at radius 2 is 1.43 bits per heavy atom. The van der Waals surface area contributed by atoms with Crippen LogP contribution in [0.5, 0.6) is 17.2 Å². The number of methoxy groups -OCH3 is 2. The predicted molar refractivity (Wildman–Crippen MR) is 84.5 cm³/mol. The number of benzene rings is 2. The highest BCUT2D eigenvalue weighted by molar-refractivity contribution is 5.44. The van der Waals surface area contributed by atoms with Gasteiger partial charge in [0.05, 0.1) is 14.2 Å². The van der Waals surface area contributed by atoms with E-state index in [1.807, 2.05) is 18.2 Å². The Bertz CT molecular complexity index is 609. The van der Waals surface area contributed by atoms with E-state index >= 15 is 0 Å². The average Bonchev–Trinajstić information content (AvgIpc) is 2.45. The van der Waals surface area contributed by atoms with Gasteiger partial charge in [-0.3, -0.25) is 0 Å². The van der Waals surface area contributed by atoms with Crippen molar-refractivity contribution in [3.05, 3.63) is 52.6 Å². The van der Waals surface area contributed by atoms with Crippen LogP contribution in [0.4, 0.5) is 0 Å². The summed E-state index contributed by atoms with van der Waals surface area (Å²) < 4.78 is 16.5. The van der Waals surface area contributed by atoms with Crippen LogP contribution in [-0.4, -0.2) is 14.2 Å². The summed E-state index contributed by atoms with van der Waals surface area (Å²) in [5, 5.41) is 0. The van der Waals surface area contributed by atoms with E-state index in [2.05, 4.69) is 32.9 Å². The van der Waals surface area contributed by atoms with Crippen molar-refractivity contribution in [2.24, 2.45) is 0 Å². The van der Waals surface area contributed by atoms with Crippen molar-refractivity contribution in [3.8, 4) is 17.2 Å². The molecule has 0 atom stereocenters. The van der Waals surface area contributed by atoms with Gasteiger partial charge in [0.2, 0.25) is 0 Å². The molecule has 0 aliphatic heterocycles. The zero-order valence-electron chi connectivity index (χ0n) is 13.3. The van der Waals surface area contributed by atoms with Crippen LogP contribution in [0.25, 0.3) is 0 Å². The molecule has 112 valence electrons. The molecule has 2 rings (SSSR count). The Balaban J connectivity index is 2.17. The van der Waals surface area contributed by atoms with E-state index in [0.29, 0.717) is 6.61 Å². The highest BCUT2D eigenvalue weighted by atomic mass is 16.5. The quantitative estimate of drug-likeness (QED) is 0.824. The van der Waals surface area contributed by atoms with Crippen LogP contribution in [0.15, 0.2) is 30.3 Å². The maximum absolute atomic E-state index is 5.99. The Morgan fingerprint density at radius 3 is 2.00 bits per heavy atom. The topological polar surface area (TPSA) is 27.7 Å². The van der Waals surface area contributed by atoms with Gasteiger partial charge in [-0.05, 0) is 49.6 Å². The molecule has 0 aliphatic carbocycles. The summed E-state index contributed by atoms with van der Waals surface area (Å²) in [4.78, 5) is 0. The Morgan fingerprint density at radius 1 is 0.810 bits per heavy atom. The third kappa shape index (κ3) is 3.48. The number of hydrogen-bond acceptors (Lipinski definition) is 3. The molecule has 0 aliphatic rings. The maximum atomic E-state index is 5.99. The molecule has 3 heteroatoms. The fourth-order valence-corrected chi connectivity index (χ4v) is 2.52. The molecule has 2 aromatic rings. The molecule has 0 aromatic heterocycles. The number of aryl methyl sites for hydroxylation is 3. The van der Waals surface area contributed by atoms with E-state index in [-0.39, 0.29) is 0 Å². The maximum Gasteiger partial charge on any atom is 0.161 e. The largest absolute Gasteiger partial charge is 0.493 e. The van der Waals surface area contributed by atoms with Crippen LogP contribution in [0.3, 0.4) is 0 Å². The number of rotatable bonds is 5. The minimum atomic E-state index is 0.505. The molecule has 3 nitrogen and oxygen atoms in total. The fraction of sp³-hybridized carbons (Fsp3) is 0.333. The minimum absolute atomic E-state index is 0.505. The van der Waals surface area contributed by atoms with Gasteiger partial charge in [0, 0.05) is 0 Å². The first-order valence-corrected chi connectivity index (χ1v) is 6.96. The molecular weight excluding hydrogens is 264 g/mol. The Kier molecular flexibility index (Phi) is 4.73. The molecule has 0 unspecified atom stereocenters. The molecule has 2 aromatic carbocycles. The summed E-state index contributed by atoms with van der Waals surface area (Å²) in [5.41, 5.74) is 4.62.